The lowest BCUT2D eigenvalue weighted by molar-refractivity contribution is 0.555. The molecule has 0 atom stereocenters. The van der Waals surface area contributed by atoms with Crippen LogP contribution in [-0.4, -0.2) is 4.98 Å². The van der Waals surface area contributed by atoms with Gasteiger partial charge in [0.15, 0.2) is 5.58 Å². The molecule has 2 rings (SSSR count). The highest BCUT2D eigenvalue weighted by Gasteiger charge is 1.99. The van der Waals surface area contributed by atoms with Crippen LogP contribution in [-0.2, 0) is 0 Å². The highest BCUT2D eigenvalue weighted by Crippen LogP contribution is 2.15. The predicted molar refractivity (Wildman–Crippen MR) is 41.8 cm³/mol. The molecule has 1 aromatic carbocycles. The van der Waals surface area contributed by atoms with Crippen molar-refractivity contribution in [3.8, 4) is 0 Å². The van der Waals surface area contributed by atoms with E-state index in [2.05, 4.69) is 4.98 Å². The van der Waals surface area contributed by atoms with Gasteiger partial charge in [0, 0.05) is 5.02 Å². The van der Waals surface area contributed by atoms with E-state index >= 15 is 0 Å². The number of H-pyrrole nitrogens is 1. The molecule has 0 amide bonds. The maximum Gasteiger partial charge on any atom is 0.417 e. The second-order valence-electron chi connectivity index (χ2n) is 2.16. The lowest BCUT2D eigenvalue weighted by Gasteiger charge is -1.86. The van der Waals surface area contributed by atoms with Crippen molar-refractivity contribution in [3.05, 3.63) is 33.8 Å². The summed E-state index contributed by atoms with van der Waals surface area (Å²) in [7, 11) is 0. The van der Waals surface area contributed by atoms with Gasteiger partial charge in [-0.05, 0) is 18.2 Å². The third-order valence-corrected chi connectivity index (χ3v) is 1.62. The molecule has 11 heavy (non-hydrogen) atoms. The van der Waals surface area contributed by atoms with E-state index in [1.54, 1.807) is 18.2 Å². The van der Waals surface area contributed by atoms with E-state index < -0.39 is 5.76 Å². The van der Waals surface area contributed by atoms with Crippen LogP contribution in [0.15, 0.2) is 27.4 Å². The Morgan fingerprint density at radius 3 is 3.09 bits per heavy atom. The zero-order valence-corrected chi connectivity index (χ0v) is 6.18. The monoisotopic (exact) mass is 175 g/mol. The van der Waals surface area contributed by atoms with Crippen LogP contribution in [0.25, 0.3) is 11.1 Å². The first kappa shape index (κ1) is 6.49. The Kier molecular flexibility index (Phi) is 1.26. The molecule has 1 aromatic heterocycles. The van der Waals surface area contributed by atoms with E-state index in [1.165, 1.54) is 0 Å². The molecule has 0 bridgehead atoms. The number of hydrogen-bond donors (Lipinski definition) is 1. The largest absolute Gasteiger partial charge is 0.417 e. The highest BCUT2D eigenvalue weighted by atomic mass is 35.5. The Hall–Kier alpha value is -1.22. The first-order valence-corrected chi connectivity index (χ1v) is 3.42. The molecule has 0 aliphatic heterocycles. The van der Waals surface area contributed by atoms with E-state index in [-0.39, 0.29) is 0 Å². The summed E-state index contributed by atoms with van der Waals surface area (Å²) >= 11 is 5.66. The number of fused-ring (bicyclic) bond motifs is 1. The van der Waals surface area contributed by atoms with Gasteiger partial charge in [-0.15, -0.1) is 0 Å². The van der Waals surface area contributed by atoms with Crippen LogP contribution < -0.4 is 5.76 Å². The van der Waals surface area contributed by atoms with Crippen molar-refractivity contribution in [2.24, 2.45) is 0 Å². The first-order valence-electron chi connectivity index (χ1n) is 3.04. The molecule has 3 nitrogen and oxygen atoms in total. The lowest BCUT2D eigenvalue weighted by Crippen LogP contribution is -1.92. The Labute approximate surface area is 66.6 Å². The molecule has 56 valence electrons. The molecule has 0 saturated heterocycles. The standard InChI is InChI=1S/C7H4ClNO2/c8-4-1-2-6-5(3-4)9-7(10)11-6/h1-3H,(H,9,10)/i1+1,2+1,3+1,4+1,5+1,6+1. The minimum atomic E-state index is -0.456. The van der Waals surface area contributed by atoms with Crippen molar-refractivity contribution in [2.75, 3.05) is 0 Å². The minimum absolute atomic E-state index is 0.456. The highest BCUT2D eigenvalue weighted by molar-refractivity contribution is 6.31. The van der Waals surface area contributed by atoms with Gasteiger partial charge >= 0.3 is 5.76 Å². The maximum absolute atomic E-state index is 10.6. The topological polar surface area (TPSA) is 46.0 Å². The number of nitrogens with one attached hydrogen (secondary N) is 1. The molecule has 0 saturated carbocycles. The molecule has 1 heterocycles. The minimum Gasteiger partial charge on any atom is -0.408 e. The second-order valence-corrected chi connectivity index (χ2v) is 2.59. The van der Waals surface area contributed by atoms with Crippen LogP contribution in [0.4, 0.5) is 0 Å². The van der Waals surface area contributed by atoms with Gasteiger partial charge in [0.1, 0.15) is 0 Å². The smallest absolute Gasteiger partial charge is 0.408 e. The Balaban J connectivity index is 2.92. The van der Waals surface area contributed by atoms with Gasteiger partial charge in [0.2, 0.25) is 0 Å². The summed E-state index contributed by atoms with van der Waals surface area (Å²) in [6.45, 7) is 0. The summed E-state index contributed by atoms with van der Waals surface area (Å²) in [5.41, 5.74) is 1.15. The average molecular weight is 176 g/mol. The van der Waals surface area contributed by atoms with Crippen LogP contribution >= 0.6 is 11.6 Å². The first-order chi connectivity index (χ1) is 5.25. The van der Waals surface area contributed by atoms with E-state index in [0.29, 0.717) is 16.1 Å². The quantitative estimate of drug-likeness (QED) is 0.663. The molecular weight excluding hydrogens is 171 g/mol. The number of rotatable bonds is 0. The Bertz CT molecular complexity index is 443. The Morgan fingerprint density at radius 1 is 1.45 bits per heavy atom. The number of oxazole rings is 1. The number of hydrogen-bond acceptors (Lipinski definition) is 2. The van der Waals surface area contributed by atoms with Crippen molar-refractivity contribution < 1.29 is 4.42 Å². The fourth-order valence-electron chi connectivity index (χ4n) is 0.924. The van der Waals surface area contributed by atoms with Crippen molar-refractivity contribution in [1.29, 1.82) is 0 Å². The molecular formula is C7H4ClNO2. The van der Waals surface area contributed by atoms with Gasteiger partial charge < -0.3 is 4.42 Å². The summed E-state index contributed by atoms with van der Waals surface area (Å²) in [6, 6.07) is 4.96. The van der Waals surface area contributed by atoms with Crippen LogP contribution in [0, 0.1) is 0 Å². The van der Waals surface area contributed by atoms with Crippen molar-refractivity contribution in [1.82, 2.24) is 4.98 Å². The van der Waals surface area contributed by atoms with E-state index in [1.807, 2.05) is 0 Å². The Morgan fingerprint density at radius 2 is 2.27 bits per heavy atom. The molecule has 0 aliphatic rings. The molecule has 2 aromatic rings. The number of halogens is 1. The SMILES string of the molecule is O=c1[nH][13c]2[13cH][13c](Cl)[13cH][13cH][13c]2o1. The molecule has 4 heteroatoms. The molecule has 0 spiro atoms. The molecule has 0 aliphatic carbocycles. The number of benzene rings is 1. The van der Waals surface area contributed by atoms with E-state index in [9.17, 15) is 4.79 Å². The van der Waals surface area contributed by atoms with Gasteiger partial charge in [-0.25, -0.2) is 4.79 Å². The third kappa shape index (κ3) is 1.03. The van der Waals surface area contributed by atoms with Crippen LogP contribution in [0.3, 0.4) is 0 Å². The summed E-state index contributed by atoms with van der Waals surface area (Å²) in [5.74, 6) is -0.456. The van der Waals surface area contributed by atoms with Gasteiger partial charge in [0.05, 0.1) is 5.52 Å². The van der Waals surface area contributed by atoms with E-state index in [4.69, 9.17) is 16.0 Å². The summed E-state index contributed by atoms with van der Waals surface area (Å²) in [4.78, 5) is 13.1. The maximum atomic E-state index is 10.6. The summed E-state index contributed by atoms with van der Waals surface area (Å²) in [5, 5.41) is 0.578. The van der Waals surface area contributed by atoms with E-state index in [0.717, 1.165) is 0 Å². The van der Waals surface area contributed by atoms with Gasteiger partial charge in [-0.3, -0.25) is 4.98 Å². The van der Waals surface area contributed by atoms with Crippen LogP contribution in [0.5, 0.6) is 0 Å². The molecule has 0 fully saturated rings. The van der Waals surface area contributed by atoms with Gasteiger partial charge in [-0.1, -0.05) is 11.6 Å². The van der Waals surface area contributed by atoms with Crippen molar-refractivity contribution in [3.63, 3.8) is 0 Å². The second kappa shape index (κ2) is 2.13. The molecule has 0 radical (unpaired) electrons. The van der Waals surface area contributed by atoms with Crippen LogP contribution in [0.1, 0.15) is 0 Å². The zero-order chi connectivity index (χ0) is 7.84. The zero-order valence-electron chi connectivity index (χ0n) is 5.43. The van der Waals surface area contributed by atoms with Crippen LogP contribution in [0.2, 0.25) is 5.02 Å². The summed E-state index contributed by atoms with van der Waals surface area (Å²) in [6.07, 6.45) is 0. The average Bonchev–Trinajstić information content (AvgIpc) is 2.27. The number of aromatic nitrogens is 1. The molecule has 0 unspecified atom stereocenters. The fraction of sp³-hybridized carbons (Fsp3) is 0. The fourth-order valence-corrected chi connectivity index (χ4v) is 1.10. The molecule has 1 N–H and O–H groups in total. The lowest BCUT2D eigenvalue weighted by atomic mass is 11.3. The number of aromatic amines is 1. The predicted octanol–water partition coefficient (Wildman–Crippen LogP) is 1.77. The normalized spacial score (nSPS) is 10.6. The van der Waals surface area contributed by atoms with Gasteiger partial charge in [0.25, 0.3) is 0 Å². The van der Waals surface area contributed by atoms with Crippen molar-refractivity contribution in [2.45, 2.75) is 0 Å². The van der Waals surface area contributed by atoms with Crippen molar-refractivity contribution >= 4 is 22.7 Å². The third-order valence-electron chi connectivity index (χ3n) is 1.38. The van der Waals surface area contributed by atoms with Gasteiger partial charge in [-0.2, -0.15) is 0 Å². The summed E-state index contributed by atoms with van der Waals surface area (Å²) < 4.78 is 4.75.